The monoisotopic (exact) mass is 350 g/mol. The van der Waals surface area contributed by atoms with Gasteiger partial charge in [0.25, 0.3) is 0 Å². The largest absolute Gasteiger partial charge is 0.328 e. The average molecular weight is 350 g/mol. The molecule has 0 N–H and O–H groups in total. The zero-order valence-corrected chi connectivity index (χ0v) is 12.5. The molecular formula is C15H15IN2. The molecule has 3 rings (SSSR count). The Morgan fingerprint density at radius 2 is 2.17 bits per heavy atom. The number of hydrogen-bond donors (Lipinski definition) is 0. The molecule has 3 heteroatoms. The van der Waals surface area contributed by atoms with Gasteiger partial charge in [0.15, 0.2) is 0 Å². The molecule has 1 aromatic carbocycles. The highest BCUT2D eigenvalue weighted by molar-refractivity contribution is 14.1. The minimum Gasteiger partial charge on any atom is -0.328 e. The van der Waals surface area contributed by atoms with Gasteiger partial charge in [0.2, 0.25) is 0 Å². The van der Waals surface area contributed by atoms with Crippen LogP contribution in [0.5, 0.6) is 0 Å². The van der Waals surface area contributed by atoms with Gasteiger partial charge in [-0.15, -0.1) is 0 Å². The van der Waals surface area contributed by atoms with Crippen molar-refractivity contribution >= 4 is 28.4 Å². The lowest BCUT2D eigenvalue weighted by Gasteiger charge is -2.22. The number of nitrogens with zero attached hydrogens (tertiary/aromatic N) is 2. The maximum atomic E-state index is 4.90. The second kappa shape index (κ2) is 4.88. The molecule has 2 nitrogen and oxygen atoms in total. The summed E-state index contributed by atoms with van der Waals surface area (Å²) in [5.41, 5.74) is 2.76. The normalized spacial score (nSPS) is 21.7. The second-order valence-corrected chi connectivity index (χ2v) is 5.83. The van der Waals surface area contributed by atoms with Gasteiger partial charge in [-0.1, -0.05) is 31.2 Å². The average Bonchev–Trinajstić information content (AvgIpc) is 2.54. The van der Waals surface area contributed by atoms with E-state index in [1.165, 1.54) is 14.7 Å². The Morgan fingerprint density at radius 1 is 1.33 bits per heavy atom. The van der Waals surface area contributed by atoms with Gasteiger partial charge in [-0.3, -0.25) is 4.99 Å². The van der Waals surface area contributed by atoms with Crippen molar-refractivity contribution in [1.29, 1.82) is 0 Å². The van der Waals surface area contributed by atoms with Crippen molar-refractivity contribution in [3.63, 3.8) is 0 Å². The van der Waals surface area contributed by atoms with Gasteiger partial charge in [0.1, 0.15) is 5.84 Å². The van der Waals surface area contributed by atoms with Crippen LogP contribution in [0.4, 0.5) is 0 Å². The van der Waals surface area contributed by atoms with Crippen molar-refractivity contribution in [2.24, 2.45) is 4.99 Å². The molecule has 0 aromatic heterocycles. The third-order valence-corrected chi connectivity index (χ3v) is 4.03. The Bertz CT molecular complexity index is 557. The minimum atomic E-state index is 0.287. The molecule has 2 aliphatic rings. The lowest BCUT2D eigenvalue weighted by atomic mass is 9.99. The van der Waals surface area contributed by atoms with E-state index < -0.39 is 0 Å². The Balaban J connectivity index is 2.09. The third-order valence-electron chi connectivity index (χ3n) is 3.39. The van der Waals surface area contributed by atoms with E-state index in [-0.39, 0.29) is 6.04 Å². The van der Waals surface area contributed by atoms with E-state index in [1.807, 2.05) is 0 Å². The number of fused-ring (bicyclic) bond motifs is 2. The number of halogens is 1. The van der Waals surface area contributed by atoms with Crippen LogP contribution in [0.2, 0.25) is 0 Å². The van der Waals surface area contributed by atoms with Gasteiger partial charge in [-0.2, -0.15) is 0 Å². The van der Waals surface area contributed by atoms with E-state index in [2.05, 4.69) is 77.0 Å². The van der Waals surface area contributed by atoms with Gasteiger partial charge in [0, 0.05) is 16.3 Å². The number of amidine groups is 1. The highest BCUT2D eigenvalue weighted by Gasteiger charge is 2.21. The van der Waals surface area contributed by atoms with Gasteiger partial charge in [-0.25, -0.2) is 0 Å². The van der Waals surface area contributed by atoms with Crippen LogP contribution < -0.4 is 0 Å². The summed E-state index contributed by atoms with van der Waals surface area (Å²) in [7, 11) is 0. The molecule has 18 heavy (non-hydrogen) atoms. The zero-order valence-electron chi connectivity index (χ0n) is 10.3. The topological polar surface area (TPSA) is 15.6 Å². The van der Waals surface area contributed by atoms with E-state index in [4.69, 9.17) is 4.99 Å². The Hall–Kier alpha value is -1.10. The SMILES string of the molecule is CCC1N=C2C=CC(I)=CN2Cc2ccccc21. The summed E-state index contributed by atoms with van der Waals surface area (Å²) in [6, 6.07) is 8.95. The molecule has 0 saturated carbocycles. The molecule has 0 aliphatic carbocycles. The summed E-state index contributed by atoms with van der Waals surface area (Å²) in [6.45, 7) is 3.12. The van der Waals surface area contributed by atoms with Crippen LogP contribution in [0.1, 0.15) is 30.5 Å². The number of benzene rings is 1. The Morgan fingerprint density at radius 3 is 3.00 bits per heavy atom. The summed E-state index contributed by atoms with van der Waals surface area (Å²) < 4.78 is 1.25. The number of aliphatic imine (C=N–C) groups is 1. The molecule has 92 valence electrons. The summed E-state index contributed by atoms with van der Waals surface area (Å²) >= 11 is 2.35. The molecule has 2 heterocycles. The molecular weight excluding hydrogens is 335 g/mol. The summed E-state index contributed by atoms with van der Waals surface area (Å²) in [5, 5.41) is 0. The fourth-order valence-corrected chi connectivity index (χ4v) is 2.99. The summed E-state index contributed by atoms with van der Waals surface area (Å²) in [6.07, 6.45) is 7.46. The van der Waals surface area contributed by atoms with Crippen molar-refractivity contribution in [2.75, 3.05) is 0 Å². The fourth-order valence-electron chi connectivity index (χ4n) is 2.48. The second-order valence-electron chi connectivity index (χ2n) is 4.59. The third kappa shape index (κ3) is 2.11. The van der Waals surface area contributed by atoms with E-state index in [0.717, 1.165) is 18.8 Å². The number of rotatable bonds is 1. The molecule has 1 unspecified atom stereocenters. The van der Waals surface area contributed by atoms with Crippen molar-refractivity contribution in [2.45, 2.75) is 25.9 Å². The molecule has 0 amide bonds. The maximum absolute atomic E-state index is 4.90. The zero-order chi connectivity index (χ0) is 12.5. The van der Waals surface area contributed by atoms with E-state index >= 15 is 0 Å². The first-order valence-electron chi connectivity index (χ1n) is 6.25. The van der Waals surface area contributed by atoms with Crippen LogP contribution >= 0.6 is 22.6 Å². The molecule has 1 aromatic rings. The molecule has 0 spiro atoms. The van der Waals surface area contributed by atoms with Crippen LogP contribution in [0.25, 0.3) is 0 Å². The fraction of sp³-hybridized carbons (Fsp3) is 0.267. The molecule has 0 saturated heterocycles. The first-order valence-corrected chi connectivity index (χ1v) is 7.33. The predicted molar refractivity (Wildman–Crippen MR) is 83.7 cm³/mol. The molecule has 1 atom stereocenters. The van der Waals surface area contributed by atoms with Crippen molar-refractivity contribution in [3.8, 4) is 0 Å². The van der Waals surface area contributed by atoms with Gasteiger partial charge in [0.05, 0.1) is 6.04 Å². The van der Waals surface area contributed by atoms with E-state index in [0.29, 0.717) is 0 Å². The van der Waals surface area contributed by atoms with Crippen LogP contribution in [-0.2, 0) is 6.54 Å². The van der Waals surface area contributed by atoms with Crippen molar-refractivity contribution in [1.82, 2.24) is 4.90 Å². The number of allylic oxidation sites excluding steroid dienone is 2. The first-order chi connectivity index (χ1) is 8.78. The lowest BCUT2D eigenvalue weighted by molar-refractivity contribution is 0.555. The highest BCUT2D eigenvalue weighted by Crippen LogP contribution is 2.31. The van der Waals surface area contributed by atoms with Crippen molar-refractivity contribution < 1.29 is 0 Å². The van der Waals surface area contributed by atoms with Crippen LogP contribution in [-0.4, -0.2) is 10.7 Å². The standard InChI is InChI=1S/C15H15IN2/c1-2-14-13-6-4-3-5-11(13)9-18-10-12(16)7-8-15(18)17-14/h3-8,10,14H,2,9H2,1H3. The van der Waals surface area contributed by atoms with Crippen LogP contribution in [0, 0.1) is 0 Å². The highest BCUT2D eigenvalue weighted by atomic mass is 127. The minimum absolute atomic E-state index is 0.287. The predicted octanol–water partition coefficient (Wildman–Crippen LogP) is 4.20. The maximum Gasteiger partial charge on any atom is 0.128 e. The molecule has 2 aliphatic heterocycles. The lowest BCUT2D eigenvalue weighted by Crippen LogP contribution is -2.24. The van der Waals surface area contributed by atoms with Crippen LogP contribution in [0.15, 0.2) is 51.2 Å². The quantitative estimate of drug-likeness (QED) is 0.694. The molecule has 0 fully saturated rings. The molecule has 0 radical (unpaired) electrons. The number of hydrogen-bond acceptors (Lipinski definition) is 2. The molecule has 0 bridgehead atoms. The van der Waals surface area contributed by atoms with Gasteiger partial charge in [-0.05, 0) is 52.3 Å². The van der Waals surface area contributed by atoms with E-state index in [9.17, 15) is 0 Å². The van der Waals surface area contributed by atoms with Crippen molar-refractivity contribution in [3.05, 3.63) is 57.3 Å². The Kier molecular flexibility index (Phi) is 3.24. The van der Waals surface area contributed by atoms with Crippen LogP contribution in [0.3, 0.4) is 0 Å². The summed E-state index contributed by atoms with van der Waals surface area (Å²) in [5.74, 6) is 1.08. The smallest absolute Gasteiger partial charge is 0.128 e. The van der Waals surface area contributed by atoms with E-state index in [1.54, 1.807) is 0 Å². The first kappa shape index (κ1) is 12.0. The van der Waals surface area contributed by atoms with Gasteiger partial charge >= 0.3 is 0 Å². The Labute approximate surface area is 121 Å². The summed E-state index contributed by atoms with van der Waals surface area (Å²) in [4.78, 5) is 7.15. The van der Waals surface area contributed by atoms with Gasteiger partial charge < -0.3 is 4.90 Å².